The number of hydrogen-bond acceptors (Lipinski definition) is 5. The van der Waals surface area contributed by atoms with E-state index in [0.717, 1.165) is 4.90 Å². The second-order valence-corrected chi connectivity index (χ2v) is 8.02. The molecule has 0 bridgehead atoms. The summed E-state index contributed by atoms with van der Waals surface area (Å²) in [5.74, 6) is -0.567. The van der Waals surface area contributed by atoms with Gasteiger partial charge in [-0.25, -0.2) is 17.2 Å². The fourth-order valence-electron chi connectivity index (χ4n) is 2.62. The van der Waals surface area contributed by atoms with Crippen molar-refractivity contribution in [2.75, 3.05) is 53.1 Å². The van der Waals surface area contributed by atoms with Crippen LogP contribution in [0, 0.1) is 0 Å². The van der Waals surface area contributed by atoms with Crippen molar-refractivity contribution in [3.05, 3.63) is 35.9 Å². The fourth-order valence-corrected chi connectivity index (χ4v) is 4.03. The second kappa shape index (κ2) is 10.6. The number of alkyl halides is 2. The molecule has 1 fully saturated rings. The van der Waals surface area contributed by atoms with Crippen molar-refractivity contribution in [1.82, 2.24) is 9.21 Å². The molecule has 0 aromatic heterocycles. The van der Waals surface area contributed by atoms with Gasteiger partial charge in [-0.3, -0.25) is 4.79 Å². The first-order valence-electron chi connectivity index (χ1n) is 8.76. The lowest BCUT2D eigenvalue weighted by molar-refractivity contribution is -0.128. The van der Waals surface area contributed by atoms with Gasteiger partial charge >= 0.3 is 0 Å². The number of methoxy groups -OCH3 is 1. The van der Waals surface area contributed by atoms with Crippen molar-refractivity contribution in [3.63, 3.8) is 0 Å². The third kappa shape index (κ3) is 6.33. The molecule has 0 atom stereocenters. The highest BCUT2D eigenvalue weighted by molar-refractivity contribution is 7.89. The van der Waals surface area contributed by atoms with E-state index in [9.17, 15) is 22.0 Å². The number of ether oxygens (including phenoxy) is 2. The van der Waals surface area contributed by atoms with E-state index < -0.39 is 28.9 Å². The SMILES string of the molecule is COCCN(CC(F)F)C(=O)/C=C/c1ccc(S(=O)(=O)N2CCOCC2)cc1. The van der Waals surface area contributed by atoms with Crippen molar-refractivity contribution >= 4 is 22.0 Å². The van der Waals surface area contributed by atoms with Crippen LogP contribution in [0.2, 0.25) is 0 Å². The number of benzene rings is 1. The maximum absolute atomic E-state index is 12.6. The molecule has 0 N–H and O–H groups in total. The number of amides is 1. The molecule has 0 radical (unpaired) electrons. The average molecular weight is 418 g/mol. The Morgan fingerprint density at radius 1 is 1.29 bits per heavy atom. The summed E-state index contributed by atoms with van der Waals surface area (Å²) in [6.07, 6.45) is 0.00121. The van der Waals surface area contributed by atoms with Crippen LogP contribution in [0.1, 0.15) is 5.56 Å². The van der Waals surface area contributed by atoms with Crippen LogP contribution in [0.15, 0.2) is 35.2 Å². The second-order valence-electron chi connectivity index (χ2n) is 6.09. The van der Waals surface area contributed by atoms with Gasteiger partial charge < -0.3 is 14.4 Å². The number of rotatable bonds is 9. The molecule has 7 nitrogen and oxygen atoms in total. The van der Waals surface area contributed by atoms with Crippen LogP contribution in [0.4, 0.5) is 8.78 Å². The average Bonchev–Trinajstić information content (AvgIpc) is 2.70. The molecular formula is C18H24F2N2O5S. The van der Waals surface area contributed by atoms with Crippen LogP contribution in [-0.2, 0) is 24.3 Å². The van der Waals surface area contributed by atoms with Gasteiger partial charge in [0.05, 0.1) is 31.3 Å². The molecule has 1 aliphatic rings. The molecular weight excluding hydrogens is 394 g/mol. The Morgan fingerprint density at radius 2 is 1.93 bits per heavy atom. The van der Waals surface area contributed by atoms with Gasteiger partial charge in [0.2, 0.25) is 15.9 Å². The minimum Gasteiger partial charge on any atom is -0.383 e. The van der Waals surface area contributed by atoms with E-state index in [-0.39, 0.29) is 18.0 Å². The fraction of sp³-hybridized carbons (Fsp3) is 0.500. The predicted molar refractivity (Wildman–Crippen MR) is 99.5 cm³/mol. The predicted octanol–water partition coefficient (Wildman–Crippen LogP) is 1.46. The molecule has 0 aliphatic carbocycles. The number of carbonyl (C=O) groups is 1. The van der Waals surface area contributed by atoms with Crippen molar-refractivity contribution in [3.8, 4) is 0 Å². The molecule has 1 amide bonds. The monoisotopic (exact) mass is 418 g/mol. The van der Waals surface area contributed by atoms with Gasteiger partial charge in [0.1, 0.15) is 0 Å². The summed E-state index contributed by atoms with van der Waals surface area (Å²) >= 11 is 0. The minimum atomic E-state index is -3.59. The largest absolute Gasteiger partial charge is 0.383 e. The first-order chi connectivity index (χ1) is 13.3. The Morgan fingerprint density at radius 3 is 2.50 bits per heavy atom. The zero-order chi connectivity index (χ0) is 20.6. The summed E-state index contributed by atoms with van der Waals surface area (Å²) in [7, 11) is -2.17. The smallest absolute Gasteiger partial charge is 0.255 e. The van der Waals surface area contributed by atoms with Crippen LogP contribution in [0.25, 0.3) is 6.08 Å². The number of carbonyl (C=O) groups excluding carboxylic acids is 1. The van der Waals surface area contributed by atoms with Crippen LogP contribution < -0.4 is 0 Å². The normalized spacial score (nSPS) is 16.0. The van der Waals surface area contributed by atoms with Gasteiger partial charge in [-0.2, -0.15) is 4.31 Å². The first-order valence-corrected chi connectivity index (χ1v) is 10.2. The number of hydrogen-bond donors (Lipinski definition) is 0. The quantitative estimate of drug-likeness (QED) is 0.568. The lowest BCUT2D eigenvalue weighted by atomic mass is 10.2. The third-order valence-corrected chi connectivity index (χ3v) is 6.05. The molecule has 0 spiro atoms. The molecule has 1 aromatic carbocycles. The van der Waals surface area contributed by atoms with Crippen LogP contribution >= 0.6 is 0 Å². The zero-order valence-electron chi connectivity index (χ0n) is 15.6. The Balaban J connectivity index is 2.04. The summed E-state index contributed by atoms with van der Waals surface area (Å²) in [5.41, 5.74) is 0.581. The van der Waals surface area contributed by atoms with E-state index in [0.29, 0.717) is 31.9 Å². The number of sulfonamides is 1. The van der Waals surface area contributed by atoms with Gasteiger partial charge in [-0.15, -0.1) is 0 Å². The van der Waals surface area contributed by atoms with E-state index in [1.54, 1.807) is 12.1 Å². The van der Waals surface area contributed by atoms with Gasteiger partial charge in [0, 0.05) is 32.8 Å². The Labute approximate surface area is 163 Å². The van der Waals surface area contributed by atoms with E-state index in [2.05, 4.69) is 0 Å². The van der Waals surface area contributed by atoms with Crippen LogP contribution in [-0.4, -0.2) is 83.1 Å². The van der Waals surface area contributed by atoms with E-state index in [1.165, 1.54) is 35.7 Å². The minimum absolute atomic E-state index is 0.0563. The standard InChI is InChI=1S/C18H24F2N2O5S/c1-26-11-8-21(14-17(19)20)18(23)7-4-15-2-5-16(6-3-15)28(24,25)22-9-12-27-13-10-22/h2-7,17H,8-14H2,1H3/b7-4+. The van der Waals surface area contributed by atoms with E-state index >= 15 is 0 Å². The maximum Gasteiger partial charge on any atom is 0.255 e. The van der Waals surface area contributed by atoms with Crippen LogP contribution in [0.3, 0.4) is 0 Å². The summed E-state index contributed by atoms with van der Waals surface area (Å²) < 4.78 is 61.7. The lowest BCUT2D eigenvalue weighted by Crippen LogP contribution is -2.40. The Bertz CT molecular complexity index is 763. The summed E-state index contributed by atoms with van der Waals surface area (Å²) in [4.78, 5) is 13.3. The van der Waals surface area contributed by atoms with Crippen molar-refractivity contribution in [2.45, 2.75) is 11.3 Å². The summed E-state index contributed by atoms with van der Waals surface area (Å²) in [5, 5.41) is 0. The molecule has 0 saturated carbocycles. The van der Waals surface area contributed by atoms with Crippen molar-refractivity contribution in [2.24, 2.45) is 0 Å². The van der Waals surface area contributed by atoms with Gasteiger partial charge in [-0.1, -0.05) is 12.1 Å². The van der Waals surface area contributed by atoms with E-state index in [4.69, 9.17) is 9.47 Å². The Hall–Kier alpha value is -1.88. The zero-order valence-corrected chi connectivity index (χ0v) is 16.4. The highest BCUT2D eigenvalue weighted by Crippen LogP contribution is 2.18. The number of halogens is 2. The van der Waals surface area contributed by atoms with Crippen molar-refractivity contribution in [1.29, 1.82) is 0 Å². The molecule has 156 valence electrons. The Kier molecular flexibility index (Phi) is 8.49. The third-order valence-electron chi connectivity index (χ3n) is 4.14. The molecule has 10 heteroatoms. The highest BCUT2D eigenvalue weighted by atomic mass is 32.2. The lowest BCUT2D eigenvalue weighted by Gasteiger charge is -2.26. The molecule has 1 heterocycles. The number of nitrogens with zero attached hydrogens (tertiary/aromatic N) is 2. The first kappa shape index (κ1) is 22.4. The number of morpholine rings is 1. The maximum atomic E-state index is 12.6. The van der Waals surface area contributed by atoms with Gasteiger partial charge in [0.25, 0.3) is 6.43 Å². The van der Waals surface area contributed by atoms with Gasteiger partial charge in [-0.05, 0) is 23.8 Å². The topological polar surface area (TPSA) is 76.2 Å². The summed E-state index contributed by atoms with van der Waals surface area (Å²) in [6, 6.07) is 6.03. The molecule has 1 saturated heterocycles. The molecule has 0 unspecified atom stereocenters. The van der Waals surface area contributed by atoms with Gasteiger partial charge in [0.15, 0.2) is 0 Å². The van der Waals surface area contributed by atoms with Crippen LogP contribution in [0.5, 0.6) is 0 Å². The molecule has 28 heavy (non-hydrogen) atoms. The molecule has 1 aliphatic heterocycles. The highest BCUT2D eigenvalue weighted by Gasteiger charge is 2.26. The molecule has 2 rings (SSSR count). The van der Waals surface area contributed by atoms with Crippen molar-refractivity contribution < 1.29 is 31.5 Å². The van der Waals surface area contributed by atoms with E-state index in [1.807, 2.05) is 0 Å². The summed E-state index contributed by atoms with van der Waals surface area (Å²) in [6.45, 7) is 0.866. The molecule has 1 aromatic rings.